The molecule has 0 saturated carbocycles. The molecule has 0 unspecified atom stereocenters. The van der Waals surface area contributed by atoms with E-state index in [9.17, 15) is 4.79 Å². The number of nitrogens with zero attached hydrogens (tertiary/aromatic N) is 2. The van der Waals surface area contributed by atoms with Crippen LogP contribution in [0.25, 0.3) is 0 Å². The lowest BCUT2D eigenvalue weighted by atomic mass is 10.3. The van der Waals surface area contributed by atoms with Gasteiger partial charge in [-0.25, -0.2) is 0 Å². The molecule has 0 aliphatic heterocycles. The Morgan fingerprint density at radius 2 is 2.00 bits per heavy atom. The van der Waals surface area contributed by atoms with Gasteiger partial charge in [-0.1, -0.05) is 0 Å². The maximum absolute atomic E-state index is 11.7. The van der Waals surface area contributed by atoms with Crippen molar-refractivity contribution in [1.82, 2.24) is 9.80 Å². The fourth-order valence-corrected chi connectivity index (χ4v) is 1.37. The van der Waals surface area contributed by atoms with Crippen LogP contribution >= 0.6 is 0 Å². The van der Waals surface area contributed by atoms with E-state index in [4.69, 9.17) is 10.5 Å². The van der Waals surface area contributed by atoms with Crippen LogP contribution in [0, 0.1) is 0 Å². The lowest BCUT2D eigenvalue weighted by Gasteiger charge is -2.21. The predicted molar refractivity (Wildman–Crippen MR) is 65.3 cm³/mol. The van der Waals surface area contributed by atoms with Gasteiger partial charge in [-0.15, -0.1) is 0 Å². The van der Waals surface area contributed by atoms with E-state index in [-0.39, 0.29) is 12.5 Å². The third-order valence-electron chi connectivity index (χ3n) is 2.26. The molecule has 0 aliphatic rings. The number of carbonyl (C=O) groups excluding carboxylic acids is 1. The summed E-state index contributed by atoms with van der Waals surface area (Å²) in [4.78, 5) is 15.6. The molecule has 0 bridgehead atoms. The summed E-state index contributed by atoms with van der Waals surface area (Å²) >= 11 is 0. The Hall–Kier alpha value is -0.650. The van der Waals surface area contributed by atoms with Crippen LogP contribution in [0.4, 0.5) is 0 Å². The first kappa shape index (κ1) is 15.3. The molecule has 0 aromatic heterocycles. The molecule has 0 saturated heterocycles. The quantitative estimate of drug-likeness (QED) is 0.557. The second-order valence-electron chi connectivity index (χ2n) is 3.97. The van der Waals surface area contributed by atoms with E-state index in [0.717, 1.165) is 26.1 Å². The topological polar surface area (TPSA) is 58.8 Å². The van der Waals surface area contributed by atoms with E-state index in [1.54, 1.807) is 0 Å². The molecule has 0 heterocycles. The van der Waals surface area contributed by atoms with E-state index in [0.29, 0.717) is 13.2 Å². The van der Waals surface area contributed by atoms with Gasteiger partial charge in [0.15, 0.2) is 0 Å². The minimum atomic E-state index is 0.0507. The summed E-state index contributed by atoms with van der Waals surface area (Å²) in [5, 5.41) is 0. The highest BCUT2D eigenvalue weighted by Gasteiger charge is 2.10. The first-order valence-corrected chi connectivity index (χ1v) is 5.82. The molecule has 5 heteroatoms. The van der Waals surface area contributed by atoms with Gasteiger partial charge in [-0.2, -0.15) is 0 Å². The number of rotatable bonds is 9. The van der Waals surface area contributed by atoms with Gasteiger partial charge in [0, 0.05) is 19.6 Å². The Labute approximate surface area is 98.5 Å². The number of likely N-dealkylation sites (N-methyl/N-ethyl adjacent to an activating group) is 1. The number of hydrogen-bond acceptors (Lipinski definition) is 4. The lowest BCUT2D eigenvalue weighted by molar-refractivity contribution is -0.135. The number of ether oxygens (including phenoxy) is 1. The molecule has 0 aromatic rings. The molecule has 0 spiro atoms. The molecule has 0 fully saturated rings. The van der Waals surface area contributed by atoms with Crippen molar-refractivity contribution in [1.29, 1.82) is 0 Å². The van der Waals surface area contributed by atoms with Crippen molar-refractivity contribution in [2.24, 2.45) is 5.73 Å². The Morgan fingerprint density at radius 1 is 1.31 bits per heavy atom. The van der Waals surface area contributed by atoms with Gasteiger partial charge >= 0.3 is 0 Å². The molecular weight excluding hydrogens is 206 g/mol. The first-order chi connectivity index (χ1) is 7.61. The minimum Gasteiger partial charge on any atom is -0.370 e. The Bertz CT molecular complexity index is 186. The maximum Gasteiger partial charge on any atom is 0.248 e. The van der Waals surface area contributed by atoms with Crippen molar-refractivity contribution in [3.8, 4) is 0 Å². The fourth-order valence-electron chi connectivity index (χ4n) is 1.37. The highest BCUT2D eigenvalue weighted by Crippen LogP contribution is 1.94. The third kappa shape index (κ3) is 7.62. The predicted octanol–water partition coefficient (Wildman–Crippen LogP) is -0.238. The fraction of sp³-hybridized carbons (Fsp3) is 0.909. The van der Waals surface area contributed by atoms with Crippen molar-refractivity contribution in [3.63, 3.8) is 0 Å². The summed E-state index contributed by atoms with van der Waals surface area (Å²) in [6.07, 6.45) is 0.990. The van der Waals surface area contributed by atoms with Gasteiger partial charge in [0.2, 0.25) is 5.91 Å². The van der Waals surface area contributed by atoms with Gasteiger partial charge in [0.1, 0.15) is 6.61 Å². The van der Waals surface area contributed by atoms with Crippen LogP contribution in [0.15, 0.2) is 0 Å². The average Bonchev–Trinajstić information content (AvgIpc) is 2.24. The number of hydrogen-bond donors (Lipinski definition) is 1. The van der Waals surface area contributed by atoms with Crippen molar-refractivity contribution in [3.05, 3.63) is 0 Å². The Morgan fingerprint density at radius 3 is 2.50 bits per heavy atom. The largest absolute Gasteiger partial charge is 0.370 e. The van der Waals surface area contributed by atoms with Crippen LogP contribution in [0.2, 0.25) is 0 Å². The van der Waals surface area contributed by atoms with Gasteiger partial charge in [0.05, 0.1) is 6.61 Å². The minimum absolute atomic E-state index is 0.0507. The first-order valence-electron chi connectivity index (χ1n) is 5.82. The van der Waals surface area contributed by atoms with Crippen LogP contribution in [0.1, 0.15) is 13.3 Å². The van der Waals surface area contributed by atoms with E-state index >= 15 is 0 Å². The summed E-state index contributed by atoms with van der Waals surface area (Å²) in [7, 11) is 4.06. The zero-order chi connectivity index (χ0) is 12.4. The van der Waals surface area contributed by atoms with Crippen LogP contribution < -0.4 is 5.73 Å². The third-order valence-corrected chi connectivity index (χ3v) is 2.26. The molecule has 0 aromatic carbocycles. The van der Waals surface area contributed by atoms with Gasteiger partial charge in [-0.05, 0) is 34.0 Å². The van der Waals surface area contributed by atoms with Gasteiger partial charge < -0.3 is 20.3 Å². The Kier molecular flexibility index (Phi) is 9.18. The van der Waals surface area contributed by atoms with Crippen molar-refractivity contribution < 1.29 is 9.53 Å². The number of nitrogens with two attached hydrogens (primary N) is 1. The molecule has 0 rings (SSSR count). The standard InChI is InChI=1S/C11H25N3O2/c1-4-14(8-5-7-13(2)3)11(15)10-16-9-6-12/h4-10,12H2,1-3H3. The molecular formula is C11H25N3O2. The normalized spacial score (nSPS) is 10.8. The number of amides is 1. The summed E-state index contributed by atoms with van der Waals surface area (Å²) in [6, 6.07) is 0. The van der Waals surface area contributed by atoms with Crippen LogP contribution in [-0.4, -0.2) is 69.2 Å². The second kappa shape index (κ2) is 9.57. The monoisotopic (exact) mass is 231 g/mol. The summed E-state index contributed by atoms with van der Waals surface area (Å²) in [5.74, 6) is 0.0507. The lowest BCUT2D eigenvalue weighted by Crippen LogP contribution is -2.36. The second-order valence-corrected chi connectivity index (χ2v) is 3.97. The van der Waals surface area contributed by atoms with E-state index in [2.05, 4.69) is 4.90 Å². The van der Waals surface area contributed by atoms with Gasteiger partial charge in [-0.3, -0.25) is 4.79 Å². The molecule has 0 atom stereocenters. The molecule has 96 valence electrons. The molecule has 0 radical (unpaired) electrons. The van der Waals surface area contributed by atoms with Crippen LogP contribution in [-0.2, 0) is 9.53 Å². The highest BCUT2D eigenvalue weighted by atomic mass is 16.5. The van der Waals surface area contributed by atoms with Crippen LogP contribution in [0.3, 0.4) is 0 Å². The van der Waals surface area contributed by atoms with Crippen molar-refractivity contribution in [2.75, 3.05) is 53.5 Å². The zero-order valence-corrected chi connectivity index (χ0v) is 10.7. The van der Waals surface area contributed by atoms with Crippen molar-refractivity contribution in [2.45, 2.75) is 13.3 Å². The molecule has 0 aliphatic carbocycles. The molecule has 5 nitrogen and oxygen atoms in total. The van der Waals surface area contributed by atoms with E-state index in [1.165, 1.54) is 0 Å². The zero-order valence-electron chi connectivity index (χ0n) is 10.7. The van der Waals surface area contributed by atoms with E-state index in [1.807, 2.05) is 25.9 Å². The number of carbonyl (C=O) groups is 1. The van der Waals surface area contributed by atoms with E-state index < -0.39 is 0 Å². The average molecular weight is 231 g/mol. The molecule has 2 N–H and O–H groups in total. The van der Waals surface area contributed by atoms with Crippen LogP contribution in [0.5, 0.6) is 0 Å². The Balaban J connectivity index is 3.74. The smallest absolute Gasteiger partial charge is 0.248 e. The SMILES string of the molecule is CCN(CCCN(C)C)C(=O)COCCN. The summed E-state index contributed by atoms with van der Waals surface area (Å²) in [5.41, 5.74) is 5.28. The molecule has 1 amide bonds. The van der Waals surface area contributed by atoms with Gasteiger partial charge in [0.25, 0.3) is 0 Å². The highest BCUT2D eigenvalue weighted by molar-refractivity contribution is 5.77. The maximum atomic E-state index is 11.7. The summed E-state index contributed by atoms with van der Waals surface area (Å²) < 4.78 is 5.13. The summed E-state index contributed by atoms with van der Waals surface area (Å²) in [6.45, 7) is 5.55. The van der Waals surface area contributed by atoms with Crippen molar-refractivity contribution >= 4 is 5.91 Å². The molecule has 16 heavy (non-hydrogen) atoms.